The quantitative estimate of drug-likeness (QED) is 0.503. The van der Waals surface area contributed by atoms with Gasteiger partial charge in [-0.25, -0.2) is 4.98 Å². The van der Waals surface area contributed by atoms with Gasteiger partial charge in [-0.3, -0.25) is 4.79 Å². The summed E-state index contributed by atoms with van der Waals surface area (Å²) >= 11 is 0. The fraction of sp³-hybridized carbons (Fsp3) is 0.120. The maximum atomic E-state index is 13.2. The third-order valence-electron chi connectivity index (χ3n) is 4.97. The van der Waals surface area contributed by atoms with E-state index in [2.05, 4.69) is 5.32 Å². The molecular weight excluding hydrogens is 360 g/mol. The molecule has 4 rings (SSSR count). The lowest BCUT2D eigenvalue weighted by atomic mass is 10.0. The van der Waals surface area contributed by atoms with Gasteiger partial charge in [0.2, 0.25) is 0 Å². The number of carbonyl (C=O) groups excluding carboxylic acids is 1. The molecule has 1 heterocycles. The number of rotatable bonds is 5. The Labute approximate surface area is 170 Å². The summed E-state index contributed by atoms with van der Waals surface area (Å²) in [6.45, 7) is 1.99. The van der Waals surface area contributed by atoms with Gasteiger partial charge < -0.3 is 10.1 Å². The van der Waals surface area contributed by atoms with Crippen LogP contribution in [0.1, 0.15) is 28.9 Å². The van der Waals surface area contributed by atoms with Crippen molar-refractivity contribution in [2.45, 2.75) is 13.0 Å². The van der Waals surface area contributed by atoms with Gasteiger partial charge in [0.25, 0.3) is 5.91 Å². The van der Waals surface area contributed by atoms with Crippen LogP contribution in [-0.2, 0) is 0 Å². The summed E-state index contributed by atoms with van der Waals surface area (Å²) in [5.41, 5.74) is 4.09. The highest BCUT2D eigenvalue weighted by molar-refractivity contribution is 6.07. The van der Waals surface area contributed by atoms with E-state index in [0.717, 1.165) is 33.5 Å². The van der Waals surface area contributed by atoms with Crippen LogP contribution in [0.15, 0.2) is 84.9 Å². The van der Waals surface area contributed by atoms with Gasteiger partial charge in [-0.15, -0.1) is 0 Å². The van der Waals surface area contributed by atoms with Gasteiger partial charge in [-0.2, -0.15) is 0 Å². The smallest absolute Gasteiger partial charge is 0.252 e. The van der Waals surface area contributed by atoms with Crippen molar-refractivity contribution in [3.8, 4) is 17.0 Å². The zero-order valence-corrected chi connectivity index (χ0v) is 16.4. The molecule has 0 fully saturated rings. The van der Waals surface area contributed by atoms with E-state index in [0.29, 0.717) is 5.56 Å². The van der Waals surface area contributed by atoms with E-state index in [1.165, 1.54) is 0 Å². The van der Waals surface area contributed by atoms with Crippen LogP contribution in [0, 0.1) is 0 Å². The molecule has 1 N–H and O–H groups in total. The van der Waals surface area contributed by atoms with Crippen LogP contribution in [0.3, 0.4) is 0 Å². The summed E-state index contributed by atoms with van der Waals surface area (Å²) in [5, 5.41) is 3.94. The normalized spacial score (nSPS) is 11.8. The Balaban J connectivity index is 1.75. The van der Waals surface area contributed by atoms with Crippen LogP contribution >= 0.6 is 0 Å². The Bertz CT molecular complexity index is 1160. The molecule has 0 aliphatic rings. The molecule has 0 radical (unpaired) electrons. The van der Waals surface area contributed by atoms with E-state index in [4.69, 9.17) is 9.72 Å². The van der Waals surface area contributed by atoms with E-state index < -0.39 is 0 Å². The van der Waals surface area contributed by atoms with Gasteiger partial charge in [0, 0.05) is 10.9 Å². The van der Waals surface area contributed by atoms with Crippen LogP contribution in [-0.4, -0.2) is 18.0 Å². The van der Waals surface area contributed by atoms with Gasteiger partial charge in [0.05, 0.1) is 29.9 Å². The second-order valence-corrected chi connectivity index (χ2v) is 6.91. The molecule has 0 bridgehead atoms. The summed E-state index contributed by atoms with van der Waals surface area (Å²) in [6.07, 6.45) is 0. The molecule has 144 valence electrons. The summed E-state index contributed by atoms with van der Waals surface area (Å²) in [7, 11) is 1.64. The average molecular weight is 382 g/mol. The number of benzene rings is 3. The number of ether oxygens (including phenoxy) is 1. The molecule has 4 heteroatoms. The van der Waals surface area contributed by atoms with Crippen LogP contribution in [0.2, 0.25) is 0 Å². The third kappa shape index (κ3) is 3.97. The molecule has 3 aromatic carbocycles. The first-order valence-electron chi connectivity index (χ1n) is 9.56. The number of para-hydroxylation sites is 1. The first-order valence-corrected chi connectivity index (χ1v) is 9.56. The first-order chi connectivity index (χ1) is 14.2. The zero-order chi connectivity index (χ0) is 20.2. The highest BCUT2D eigenvalue weighted by Gasteiger charge is 2.16. The molecule has 29 heavy (non-hydrogen) atoms. The minimum absolute atomic E-state index is 0.101. The number of pyridine rings is 1. The van der Waals surface area contributed by atoms with Crippen molar-refractivity contribution >= 4 is 16.8 Å². The molecule has 0 saturated carbocycles. The highest BCUT2D eigenvalue weighted by Crippen LogP contribution is 2.27. The van der Waals surface area contributed by atoms with E-state index in [1.807, 2.05) is 91.9 Å². The van der Waals surface area contributed by atoms with Crippen molar-refractivity contribution in [3.63, 3.8) is 0 Å². The van der Waals surface area contributed by atoms with E-state index in [-0.39, 0.29) is 11.9 Å². The number of amides is 1. The monoisotopic (exact) mass is 382 g/mol. The summed E-state index contributed by atoms with van der Waals surface area (Å²) in [6, 6.07) is 27.1. The van der Waals surface area contributed by atoms with Crippen molar-refractivity contribution in [1.29, 1.82) is 0 Å². The number of hydrogen-bond acceptors (Lipinski definition) is 3. The van der Waals surface area contributed by atoms with E-state index in [9.17, 15) is 4.79 Å². The van der Waals surface area contributed by atoms with Crippen molar-refractivity contribution < 1.29 is 9.53 Å². The first kappa shape index (κ1) is 18.7. The van der Waals surface area contributed by atoms with Gasteiger partial charge in [0.1, 0.15) is 5.75 Å². The van der Waals surface area contributed by atoms with Gasteiger partial charge >= 0.3 is 0 Å². The summed E-state index contributed by atoms with van der Waals surface area (Å²) in [5.74, 6) is 0.630. The van der Waals surface area contributed by atoms with E-state index >= 15 is 0 Å². The number of nitrogens with zero attached hydrogens (tertiary/aromatic N) is 1. The molecule has 0 spiro atoms. The third-order valence-corrected chi connectivity index (χ3v) is 4.97. The van der Waals surface area contributed by atoms with Gasteiger partial charge in [0.15, 0.2) is 0 Å². The maximum absolute atomic E-state index is 13.2. The van der Waals surface area contributed by atoms with Crippen LogP contribution in [0.25, 0.3) is 22.2 Å². The molecular formula is C25H22N2O2. The Morgan fingerprint density at radius 1 is 0.931 bits per heavy atom. The second kappa shape index (κ2) is 8.15. The van der Waals surface area contributed by atoms with Gasteiger partial charge in [-0.1, -0.05) is 60.7 Å². The van der Waals surface area contributed by atoms with E-state index in [1.54, 1.807) is 7.11 Å². The number of hydrogen-bond donors (Lipinski definition) is 1. The number of carbonyl (C=O) groups is 1. The van der Waals surface area contributed by atoms with Gasteiger partial charge in [-0.05, 0) is 36.8 Å². The molecule has 1 amide bonds. The minimum atomic E-state index is -0.121. The number of fused-ring (bicyclic) bond motifs is 1. The molecule has 1 atom stereocenters. The van der Waals surface area contributed by atoms with Crippen LogP contribution in [0.4, 0.5) is 0 Å². The lowest BCUT2D eigenvalue weighted by Gasteiger charge is -2.16. The molecule has 0 unspecified atom stereocenters. The number of methoxy groups -OCH3 is 1. The fourth-order valence-electron chi connectivity index (χ4n) is 3.39. The summed E-state index contributed by atoms with van der Waals surface area (Å²) < 4.78 is 5.34. The van der Waals surface area contributed by atoms with Crippen molar-refractivity contribution in [2.75, 3.05) is 7.11 Å². The highest BCUT2D eigenvalue weighted by atomic mass is 16.5. The molecule has 0 aliphatic heterocycles. The maximum Gasteiger partial charge on any atom is 0.252 e. The van der Waals surface area contributed by atoms with Crippen molar-refractivity contribution in [3.05, 3.63) is 96.1 Å². The lowest BCUT2D eigenvalue weighted by Crippen LogP contribution is -2.27. The number of aromatic nitrogens is 1. The SMILES string of the molecule is COc1cccc(-c2cc(C(=O)N[C@H](C)c3ccccc3)c3ccccc3n2)c1. The topological polar surface area (TPSA) is 51.2 Å². The summed E-state index contributed by atoms with van der Waals surface area (Å²) in [4.78, 5) is 18.0. The Morgan fingerprint density at radius 2 is 1.69 bits per heavy atom. The number of nitrogens with one attached hydrogen (secondary N) is 1. The minimum Gasteiger partial charge on any atom is -0.497 e. The zero-order valence-electron chi connectivity index (χ0n) is 16.4. The van der Waals surface area contributed by atoms with Crippen molar-refractivity contribution in [1.82, 2.24) is 10.3 Å². The largest absolute Gasteiger partial charge is 0.497 e. The predicted octanol–water partition coefficient (Wildman–Crippen LogP) is 5.40. The average Bonchev–Trinajstić information content (AvgIpc) is 2.78. The fourth-order valence-corrected chi connectivity index (χ4v) is 3.39. The molecule has 4 nitrogen and oxygen atoms in total. The Kier molecular flexibility index (Phi) is 5.25. The lowest BCUT2D eigenvalue weighted by molar-refractivity contribution is 0.0941. The Morgan fingerprint density at radius 3 is 2.48 bits per heavy atom. The molecule has 0 aliphatic carbocycles. The molecule has 4 aromatic rings. The standard InChI is InChI=1S/C25H22N2O2/c1-17(18-9-4-3-5-10-18)26-25(28)22-16-24(19-11-8-12-20(15-19)29-2)27-23-14-7-6-13-21(22)23/h3-17H,1-2H3,(H,26,28)/t17-/m1/s1. The predicted molar refractivity (Wildman–Crippen MR) is 116 cm³/mol. The van der Waals surface area contributed by atoms with Crippen LogP contribution in [0.5, 0.6) is 5.75 Å². The van der Waals surface area contributed by atoms with Crippen molar-refractivity contribution in [2.24, 2.45) is 0 Å². The molecule has 1 aromatic heterocycles. The Hall–Kier alpha value is -3.66. The second-order valence-electron chi connectivity index (χ2n) is 6.91. The molecule has 0 saturated heterocycles. The van der Waals surface area contributed by atoms with Crippen LogP contribution < -0.4 is 10.1 Å².